The Labute approximate surface area is 124 Å². The van der Waals surface area contributed by atoms with E-state index in [1.165, 1.54) is 39.0 Å². The summed E-state index contributed by atoms with van der Waals surface area (Å²) in [4.78, 5) is 5.17. The van der Waals surface area contributed by atoms with Crippen LogP contribution >= 0.6 is 0 Å². The van der Waals surface area contributed by atoms with Crippen molar-refractivity contribution in [3.63, 3.8) is 0 Å². The molecule has 1 N–H and O–H groups in total. The highest BCUT2D eigenvalue weighted by Gasteiger charge is 2.29. The molecule has 2 aliphatic rings. The molecule has 0 aromatic heterocycles. The lowest BCUT2D eigenvalue weighted by atomic mass is 10.1. The summed E-state index contributed by atoms with van der Waals surface area (Å²) >= 11 is 0. The normalized spacial score (nSPS) is 33.1. The molecule has 4 heteroatoms. The van der Waals surface area contributed by atoms with Gasteiger partial charge in [-0.15, -0.1) is 0 Å². The number of rotatable bonds is 6. The number of likely N-dealkylation sites (N-methyl/N-ethyl adjacent to an activating group) is 1. The van der Waals surface area contributed by atoms with Crippen LogP contribution in [-0.2, 0) is 4.74 Å². The zero-order chi connectivity index (χ0) is 14.5. The van der Waals surface area contributed by atoms with Crippen molar-refractivity contribution in [2.45, 2.75) is 64.8 Å². The van der Waals surface area contributed by atoms with Crippen molar-refractivity contribution in [3.8, 4) is 0 Å². The quantitative estimate of drug-likeness (QED) is 0.800. The summed E-state index contributed by atoms with van der Waals surface area (Å²) in [5, 5.41) is 3.49. The number of ether oxygens (including phenoxy) is 1. The Bertz CT molecular complexity index is 285. The lowest BCUT2D eigenvalue weighted by Crippen LogP contribution is -2.53. The summed E-state index contributed by atoms with van der Waals surface area (Å²) in [6, 6.07) is 1.24. The predicted octanol–water partition coefficient (Wildman–Crippen LogP) is 1.56. The Morgan fingerprint density at radius 2 is 1.95 bits per heavy atom. The van der Waals surface area contributed by atoms with E-state index in [2.05, 4.69) is 42.8 Å². The Balaban J connectivity index is 1.68. The molecule has 2 saturated heterocycles. The third-order valence-corrected chi connectivity index (χ3v) is 4.67. The first-order valence-electron chi connectivity index (χ1n) is 8.43. The Hall–Kier alpha value is -0.160. The maximum absolute atomic E-state index is 6.19. The van der Waals surface area contributed by atoms with E-state index >= 15 is 0 Å². The van der Waals surface area contributed by atoms with Crippen LogP contribution in [0.15, 0.2) is 0 Å². The topological polar surface area (TPSA) is 27.7 Å². The lowest BCUT2D eigenvalue weighted by molar-refractivity contribution is 0.00368. The van der Waals surface area contributed by atoms with E-state index in [1.807, 2.05) is 0 Å². The van der Waals surface area contributed by atoms with E-state index in [1.54, 1.807) is 0 Å². The SMILES string of the molecule is CCN1CCN(CC2CCC(CNC(C)C)O2)CC1C. The molecule has 0 bridgehead atoms. The van der Waals surface area contributed by atoms with Crippen LogP contribution in [0.2, 0.25) is 0 Å². The molecule has 0 amide bonds. The minimum absolute atomic E-state index is 0.428. The van der Waals surface area contributed by atoms with Crippen LogP contribution in [0.1, 0.15) is 40.5 Å². The first kappa shape index (κ1) is 16.2. The molecule has 0 aromatic carbocycles. The largest absolute Gasteiger partial charge is 0.372 e. The van der Waals surface area contributed by atoms with Crippen LogP contribution in [0.3, 0.4) is 0 Å². The zero-order valence-electron chi connectivity index (χ0n) is 13.8. The number of nitrogens with zero attached hydrogens (tertiary/aromatic N) is 2. The van der Waals surface area contributed by atoms with Crippen molar-refractivity contribution in [1.29, 1.82) is 0 Å². The van der Waals surface area contributed by atoms with E-state index in [0.29, 0.717) is 24.3 Å². The van der Waals surface area contributed by atoms with Crippen molar-refractivity contribution in [3.05, 3.63) is 0 Å². The first-order valence-corrected chi connectivity index (χ1v) is 8.43. The van der Waals surface area contributed by atoms with Crippen molar-refractivity contribution in [2.75, 3.05) is 39.3 Å². The smallest absolute Gasteiger partial charge is 0.0707 e. The fourth-order valence-electron chi connectivity index (χ4n) is 3.43. The van der Waals surface area contributed by atoms with Gasteiger partial charge >= 0.3 is 0 Å². The molecule has 0 radical (unpaired) electrons. The second kappa shape index (κ2) is 7.74. The van der Waals surface area contributed by atoms with Gasteiger partial charge in [-0.05, 0) is 26.3 Å². The molecule has 0 aromatic rings. The van der Waals surface area contributed by atoms with Crippen molar-refractivity contribution < 1.29 is 4.74 Å². The molecule has 20 heavy (non-hydrogen) atoms. The van der Waals surface area contributed by atoms with E-state index in [9.17, 15) is 0 Å². The van der Waals surface area contributed by atoms with Crippen LogP contribution in [0.5, 0.6) is 0 Å². The second-order valence-electron chi connectivity index (χ2n) is 6.76. The van der Waals surface area contributed by atoms with E-state index < -0.39 is 0 Å². The number of hydrogen-bond donors (Lipinski definition) is 1. The van der Waals surface area contributed by atoms with Crippen LogP contribution in [0, 0.1) is 0 Å². The zero-order valence-corrected chi connectivity index (χ0v) is 13.8. The molecule has 0 spiro atoms. The summed E-state index contributed by atoms with van der Waals surface area (Å²) in [6.45, 7) is 15.9. The molecule has 0 saturated carbocycles. The molecule has 0 aliphatic carbocycles. The molecule has 4 nitrogen and oxygen atoms in total. The molecule has 118 valence electrons. The fourth-order valence-corrected chi connectivity index (χ4v) is 3.43. The van der Waals surface area contributed by atoms with Crippen molar-refractivity contribution >= 4 is 0 Å². The van der Waals surface area contributed by atoms with E-state index in [0.717, 1.165) is 13.1 Å². The summed E-state index contributed by atoms with van der Waals surface area (Å²) in [6.07, 6.45) is 3.33. The Morgan fingerprint density at radius 3 is 2.60 bits per heavy atom. The maximum atomic E-state index is 6.19. The van der Waals surface area contributed by atoms with Gasteiger partial charge in [0.05, 0.1) is 12.2 Å². The summed E-state index contributed by atoms with van der Waals surface area (Å²) in [5.74, 6) is 0. The van der Waals surface area contributed by atoms with Gasteiger partial charge in [-0.3, -0.25) is 9.80 Å². The van der Waals surface area contributed by atoms with E-state index in [4.69, 9.17) is 4.74 Å². The highest BCUT2D eigenvalue weighted by atomic mass is 16.5. The monoisotopic (exact) mass is 283 g/mol. The van der Waals surface area contributed by atoms with Crippen LogP contribution in [0.4, 0.5) is 0 Å². The average Bonchev–Trinajstić information content (AvgIpc) is 2.84. The summed E-state index contributed by atoms with van der Waals surface area (Å²) in [5.41, 5.74) is 0. The number of nitrogens with one attached hydrogen (secondary N) is 1. The Kier molecular flexibility index (Phi) is 6.27. The van der Waals surface area contributed by atoms with Gasteiger partial charge in [0, 0.05) is 44.8 Å². The van der Waals surface area contributed by atoms with Gasteiger partial charge in [-0.2, -0.15) is 0 Å². The third-order valence-electron chi connectivity index (χ3n) is 4.67. The number of hydrogen-bond acceptors (Lipinski definition) is 4. The molecule has 2 aliphatic heterocycles. The average molecular weight is 283 g/mol. The molecule has 2 fully saturated rings. The standard InChI is InChI=1S/C16H33N3O/c1-5-19-9-8-18(11-14(19)4)12-16-7-6-15(20-16)10-17-13(2)3/h13-17H,5-12H2,1-4H3. The first-order chi connectivity index (χ1) is 9.58. The fraction of sp³-hybridized carbons (Fsp3) is 1.00. The van der Waals surface area contributed by atoms with E-state index in [-0.39, 0.29) is 0 Å². The molecule has 2 heterocycles. The predicted molar refractivity (Wildman–Crippen MR) is 84.2 cm³/mol. The molecular weight excluding hydrogens is 250 g/mol. The maximum Gasteiger partial charge on any atom is 0.0707 e. The molecular formula is C16H33N3O. The van der Waals surface area contributed by atoms with Crippen LogP contribution < -0.4 is 5.32 Å². The molecule has 2 rings (SSSR count). The molecule has 3 unspecified atom stereocenters. The van der Waals surface area contributed by atoms with Crippen LogP contribution in [-0.4, -0.2) is 73.4 Å². The summed E-state index contributed by atoms with van der Waals surface area (Å²) in [7, 11) is 0. The number of piperazine rings is 1. The van der Waals surface area contributed by atoms with Gasteiger partial charge in [0.1, 0.15) is 0 Å². The minimum atomic E-state index is 0.428. The lowest BCUT2D eigenvalue weighted by Gasteiger charge is -2.40. The van der Waals surface area contributed by atoms with Crippen molar-refractivity contribution in [2.24, 2.45) is 0 Å². The van der Waals surface area contributed by atoms with Gasteiger partial charge in [0.15, 0.2) is 0 Å². The molecule has 3 atom stereocenters. The highest BCUT2D eigenvalue weighted by molar-refractivity contribution is 4.83. The van der Waals surface area contributed by atoms with Gasteiger partial charge in [-0.25, -0.2) is 0 Å². The minimum Gasteiger partial charge on any atom is -0.372 e. The summed E-state index contributed by atoms with van der Waals surface area (Å²) < 4.78 is 6.19. The second-order valence-corrected chi connectivity index (χ2v) is 6.76. The van der Waals surface area contributed by atoms with Gasteiger partial charge in [0.25, 0.3) is 0 Å². The van der Waals surface area contributed by atoms with Gasteiger partial charge in [0.2, 0.25) is 0 Å². The van der Waals surface area contributed by atoms with Gasteiger partial charge in [-0.1, -0.05) is 20.8 Å². The third kappa shape index (κ3) is 4.69. The highest BCUT2D eigenvalue weighted by Crippen LogP contribution is 2.21. The van der Waals surface area contributed by atoms with Crippen LogP contribution in [0.25, 0.3) is 0 Å². The Morgan fingerprint density at radius 1 is 1.20 bits per heavy atom. The van der Waals surface area contributed by atoms with Crippen molar-refractivity contribution in [1.82, 2.24) is 15.1 Å². The van der Waals surface area contributed by atoms with Gasteiger partial charge < -0.3 is 10.1 Å².